The van der Waals surface area contributed by atoms with Crippen LogP contribution in [0.15, 0.2) is 47.5 Å². The lowest BCUT2D eigenvalue weighted by molar-refractivity contribution is 0.297. The van der Waals surface area contributed by atoms with Gasteiger partial charge in [0.25, 0.3) is 0 Å². The maximum absolute atomic E-state index is 5.74. The molecule has 0 spiro atoms. The van der Waals surface area contributed by atoms with Crippen molar-refractivity contribution in [2.75, 3.05) is 32.7 Å². The Labute approximate surface area is 197 Å². The van der Waals surface area contributed by atoms with E-state index >= 15 is 0 Å². The van der Waals surface area contributed by atoms with Crippen LogP contribution in [0, 0.1) is 0 Å². The Morgan fingerprint density at radius 3 is 2.65 bits per heavy atom. The first-order chi connectivity index (χ1) is 14.7. The molecule has 9 nitrogen and oxygen atoms in total. The van der Waals surface area contributed by atoms with E-state index in [4.69, 9.17) is 14.2 Å². The van der Waals surface area contributed by atoms with E-state index in [9.17, 15) is 0 Å². The van der Waals surface area contributed by atoms with Crippen LogP contribution >= 0.6 is 24.0 Å². The molecular formula is C21H25IN6O3. The van der Waals surface area contributed by atoms with Gasteiger partial charge in [0.15, 0.2) is 23.3 Å². The van der Waals surface area contributed by atoms with E-state index in [2.05, 4.69) is 30.8 Å². The molecule has 0 bridgehead atoms. The Kier molecular flexibility index (Phi) is 7.93. The van der Waals surface area contributed by atoms with Crippen molar-refractivity contribution in [3.63, 3.8) is 0 Å². The number of aliphatic imine (C=N–C) groups is 1. The van der Waals surface area contributed by atoms with Gasteiger partial charge in [-0.25, -0.2) is 4.98 Å². The second-order valence-electron chi connectivity index (χ2n) is 6.60. The number of aromatic nitrogens is 3. The maximum atomic E-state index is 5.74. The van der Waals surface area contributed by atoms with E-state index in [1.54, 1.807) is 14.2 Å². The monoisotopic (exact) mass is 536 g/mol. The number of nitrogens with one attached hydrogen (secondary N) is 3. The summed E-state index contributed by atoms with van der Waals surface area (Å²) in [7, 11) is 3.35. The fourth-order valence-corrected chi connectivity index (χ4v) is 2.97. The summed E-state index contributed by atoms with van der Waals surface area (Å²) < 4.78 is 16.6. The largest absolute Gasteiger partial charge is 0.497 e. The molecule has 1 aliphatic heterocycles. The molecule has 0 amide bonds. The second kappa shape index (κ2) is 10.8. The number of ether oxygens (including phenoxy) is 3. The van der Waals surface area contributed by atoms with Crippen molar-refractivity contribution in [1.29, 1.82) is 0 Å². The molecule has 1 aliphatic rings. The van der Waals surface area contributed by atoms with Gasteiger partial charge in [0.1, 0.15) is 11.6 Å². The molecule has 0 unspecified atom stereocenters. The lowest BCUT2D eigenvalue weighted by Gasteiger charge is -2.13. The molecule has 0 saturated carbocycles. The highest BCUT2D eigenvalue weighted by atomic mass is 127. The Morgan fingerprint density at radius 1 is 1.13 bits per heavy atom. The molecule has 2 aromatic carbocycles. The summed E-state index contributed by atoms with van der Waals surface area (Å²) >= 11 is 0. The Morgan fingerprint density at radius 2 is 1.90 bits per heavy atom. The molecule has 0 atom stereocenters. The lowest BCUT2D eigenvalue weighted by Crippen LogP contribution is -2.30. The standard InChI is InChI=1S/C21H24N6O3.HI/c1-22-21(24-15-6-9-17-18(12-15)30-11-3-10-29-17)23-13-19-25-20(27-26-19)14-4-7-16(28-2)8-5-14;/h4-9,12H,3,10-11,13H2,1-2H3,(H2,22,23,24)(H,25,26,27);1H. The van der Waals surface area contributed by atoms with Crippen LogP contribution in [-0.4, -0.2) is 48.5 Å². The summed E-state index contributed by atoms with van der Waals surface area (Å²) in [6.07, 6.45) is 0.871. The number of benzene rings is 2. The zero-order valence-electron chi connectivity index (χ0n) is 17.3. The normalized spacial score (nSPS) is 13.0. The third kappa shape index (κ3) is 5.78. The fraction of sp³-hybridized carbons (Fsp3) is 0.286. The smallest absolute Gasteiger partial charge is 0.195 e. The number of rotatable bonds is 5. The molecule has 2 heterocycles. The molecule has 4 rings (SSSR count). The van der Waals surface area contributed by atoms with Gasteiger partial charge in [-0.2, -0.15) is 5.10 Å². The van der Waals surface area contributed by atoms with Crippen molar-refractivity contribution in [3.8, 4) is 28.6 Å². The van der Waals surface area contributed by atoms with Crippen LogP contribution in [0.2, 0.25) is 0 Å². The summed E-state index contributed by atoms with van der Waals surface area (Å²) in [6, 6.07) is 13.3. The highest BCUT2D eigenvalue weighted by molar-refractivity contribution is 14.0. The van der Waals surface area contributed by atoms with Gasteiger partial charge in [-0.3, -0.25) is 10.1 Å². The summed E-state index contributed by atoms with van der Waals surface area (Å²) in [5.41, 5.74) is 1.76. The lowest BCUT2D eigenvalue weighted by atomic mass is 10.2. The predicted octanol–water partition coefficient (Wildman–Crippen LogP) is 3.45. The van der Waals surface area contributed by atoms with Gasteiger partial charge < -0.3 is 24.8 Å². The van der Waals surface area contributed by atoms with Gasteiger partial charge in [0, 0.05) is 30.8 Å². The van der Waals surface area contributed by atoms with E-state index in [0.717, 1.165) is 34.9 Å². The van der Waals surface area contributed by atoms with Gasteiger partial charge in [-0.15, -0.1) is 24.0 Å². The number of fused-ring (bicyclic) bond motifs is 1. The molecule has 0 saturated heterocycles. The highest BCUT2D eigenvalue weighted by Gasteiger charge is 2.12. The van der Waals surface area contributed by atoms with Crippen LogP contribution in [0.5, 0.6) is 17.2 Å². The summed E-state index contributed by atoms with van der Waals surface area (Å²) in [5.74, 6) is 4.21. The molecule has 3 aromatic rings. The van der Waals surface area contributed by atoms with Gasteiger partial charge in [-0.05, 0) is 36.4 Å². The van der Waals surface area contributed by atoms with E-state index in [-0.39, 0.29) is 24.0 Å². The van der Waals surface area contributed by atoms with Crippen LogP contribution in [0.1, 0.15) is 12.2 Å². The van der Waals surface area contributed by atoms with Crippen LogP contribution in [-0.2, 0) is 6.54 Å². The summed E-state index contributed by atoms with van der Waals surface area (Å²) in [6.45, 7) is 1.75. The third-order valence-corrected chi connectivity index (χ3v) is 4.54. The first-order valence-electron chi connectivity index (χ1n) is 9.68. The number of hydrogen-bond acceptors (Lipinski definition) is 6. The molecule has 0 fully saturated rings. The molecule has 31 heavy (non-hydrogen) atoms. The minimum absolute atomic E-state index is 0. The van der Waals surface area contributed by atoms with E-state index in [1.807, 2.05) is 42.5 Å². The number of methoxy groups -OCH3 is 1. The van der Waals surface area contributed by atoms with Gasteiger partial charge in [-0.1, -0.05) is 0 Å². The molecule has 10 heteroatoms. The summed E-state index contributed by atoms with van der Waals surface area (Å²) in [4.78, 5) is 8.79. The molecule has 1 aromatic heterocycles. The van der Waals surface area contributed by atoms with Crippen molar-refractivity contribution in [1.82, 2.24) is 20.5 Å². The third-order valence-electron chi connectivity index (χ3n) is 4.54. The molecule has 164 valence electrons. The first kappa shape index (κ1) is 22.7. The van der Waals surface area contributed by atoms with Crippen molar-refractivity contribution in [2.45, 2.75) is 13.0 Å². The number of H-pyrrole nitrogens is 1. The quantitative estimate of drug-likeness (QED) is 0.261. The number of guanidine groups is 1. The SMILES string of the molecule is CN=C(NCc1nc(-c2ccc(OC)cc2)n[nH]1)Nc1ccc2c(c1)OCCCO2.I. The second-order valence-corrected chi connectivity index (χ2v) is 6.60. The number of hydrogen-bond donors (Lipinski definition) is 3. The van der Waals surface area contributed by atoms with Crippen molar-refractivity contribution in [2.24, 2.45) is 4.99 Å². The van der Waals surface area contributed by atoms with E-state index < -0.39 is 0 Å². The topological polar surface area (TPSA) is 106 Å². The fourth-order valence-electron chi connectivity index (χ4n) is 2.97. The number of nitrogens with zero attached hydrogens (tertiary/aromatic N) is 3. The minimum Gasteiger partial charge on any atom is -0.497 e. The van der Waals surface area contributed by atoms with Crippen LogP contribution in [0.4, 0.5) is 5.69 Å². The number of halogens is 1. The first-order valence-corrected chi connectivity index (χ1v) is 9.68. The minimum atomic E-state index is 0. The van der Waals surface area contributed by atoms with E-state index in [1.165, 1.54) is 0 Å². The molecular weight excluding hydrogens is 511 g/mol. The van der Waals surface area contributed by atoms with Crippen LogP contribution in [0.3, 0.4) is 0 Å². The number of anilines is 1. The Hall–Kier alpha value is -3.02. The van der Waals surface area contributed by atoms with Gasteiger partial charge >= 0.3 is 0 Å². The molecule has 0 radical (unpaired) electrons. The van der Waals surface area contributed by atoms with Crippen molar-refractivity contribution >= 4 is 35.6 Å². The Bertz CT molecular complexity index is 1020. The van der Waals surface area contributed by atoms with Gasteiger partial charge in [0.05, 0.1) is 26.9 Å². The average molecular weight is 536 g/mol. The zero-order valence-corrected chi connectivity index (χ0v) is 19.7. The van der Waals surface area contributed by atoms with Crippen LogP contribution < -0.4 is 24.8 Å². The molecule has 0 aliphatic carbocycles. The van der Waals surface area contributed by atoms with Crippen molar-refractivity contribution < 1.29 is 14.2 Å². The Balaban J connectivity index is 0.00000272. The maximum Gasteiger partial charge on any atom is 0.195 e. The van der Waals surface area contributed by atoms with Gasteiger partial charge in [0.2, 0.25) is 0 Å². The molecule has 3 N–H and O–H groups in total. The van der Waals surface area contributed by atoms with E-state index in [0.29, 0.717) is 37.4 Å². The zero-order chi connectivity index (χ0) is 20.8. The van der Waals surface area contributed by atoms with Crippen molar-refractivity contribution in [3.05, 3.63) is 48.3 Å². The average Bonchev–Trinajstić information content (AvgIpc) is 3.14. The number of aromatic amines is 1. The summed E-state index contributed by atoms with van der Waals surface area (Å²) in [5, 5.41) is 13.7. The predicted molar refractivity (Wildman–Crippen MR) is 130 cm³/mol. The van der Waals surface area contributed by atoms with Crippen LogP contribution in [0.25, 0.3) is 11.4 Å². The highest BCUT2D eigenvalue weighted by Crippen LogP contribution is 2.32.